The van der Waals surface area contributed by atoms with E-state index in [9.17, 15) is 0 Å². The van der Waals surface area contributed by atoms with Crippen LogP contribution in [-0.4, -0.2) is 13.6 Å². The van der Waals surface area contributed by atoms with Gasteiger partial charge in [0.25, 0.3) is 0 Å². The van der Waals surface area contributed by atoms with Gasteiger partial charge in [-0.2, -0.15) is 0 Å². The van der Waals surface area contributed by atoms with Crippen molar-refractivity contribution < 1.29 is 0 Å². The predicted molar refractivity (Wildman–Crippen MR) is 91.4 cm³/mol. The lowest BCUT2D eigenvalue weighted by molar-refractivity contribution is 0.871. The summed E-state index contributed by atoms with van der Waals surface area (Å²) in [4.78, 5) is 2.22. The molecule has 0 aliphatic heterocycles. The van der Waals surface area contributed by atoms with E-state index in [0.29, 0.717) is 0 Å². The molecule has 106 valence electrons. The fraction of sp³-hybridized carbons (Fsp3) is 0.294. The summed E-state index contributed by atoms with van der Waals surface area (Å²) in [7, 11) is 2.10. The van der Waals surface area contributed by atoms with Gasteiger partial charge in [0.05, 0.1) is 11.4 Å². The molecule has 0 heterocycles. The number of benzene rings is 2. The van der Waals surface area contributed by atoms with Crippen LogP contribution >= 0.6 is 15.9 Å². The first kappa shape index (κ1) is 14.9. The number of halogens is 1. The molecule has 3 heteroatoms. The normalized spacial score (nSPS) is 10.6. The van der Waals surface area contributed by atoms with Gasteiger partial charge in [0, 0.05) is 18.1 Å². The van der Waals surface area contributed by atoms with Gasteiger partial charge < -0.3 is 10.6 Å². The van der Waals surface area contributed by atoms with Crippen molar-refractivity contribution >= 4 is 27.3 Å². The van der Waals surface area contributed by atoms with Crippen molar-refractivity contribution in [2.75, 3.05) is 24.2 Å². The molecule has 2 nitrogen and oxygen atoms in total. The first-order chi connectivity index (χ1) is 9.47. The second-order valence-corrected chi connectivity index (χ2v) is 6.22. The van der Waals surface area contributed by atoms with Crippen LogP contribution in [0.3, 0.4) is 0 Å². The Hall–Kier alpha value is -1.48. The van der Waals surface area contributed by atoms with Crippen LogP contribution < -0.4 is 10.6 Å². The number of nitrogen functional groups attached to an aromatic ring is 1. The highest BCUT2D eigenvalue weighted by Crippen LogP contribution is 2.24. The molecule has 0 atom stereocenters. The Bertz CT molecular complexity index is 608. The fourth-order valence-corrected chi connectivity index (χ4v) is 2.71. The van der Waals surface area contributed by atoms with Crippen molar-refractivity contribution in [1.82, 2.24) is 0 Å². The van der Waals surface area contributed by atoms with Gasteiger partial charge in [0.15, 0.2) is 0 Å². The summed E-state index contributed by atoms with van der Waals surface area (Å²) in [5.41, 5.74) is 12.0. The highest BCUT2D eigenvalue weighted by Gasteiger charge is 2.07. The molecule has 0 aliphatic rings. The zero-order valence-corrected chi connectivity index (χ0v) is 13.9. The fourth-order valence-electron chi connectivity index (χ4n) is 2.30. The first-order valence-corrected chi connectivity index (χ1v) is 7.59. The monoisotopic (exact) mass is 332 g/mol. The van der Waals surface area contributed by atoms with Crippen LogP contribution in [0.1, 0.15) is 16.7 Å². The number of nitrogens with zero attached hydrogens (tertiary/aromatic N) is 1. The third kappa shape index (κ3) is 3.54. The lowest BCUT2D eigenvalue weighted by Crippen LogP contribution is -2.21. The van der Waals surface area contributed by atoms with Crippen molar-refractivity contribution in [2.24, 2.45) is 0 Å². The third-order valence-corrected chi connectivity index (χ3v) is 4.12. The number of hydrogen-bond acceptors (Lipinski definition) is 2. The number of nitrogens with two attached hydrogens (primary N) is 1. The van der Waals surface area contributed by atoms with E-state index in [1.54, 1.807) is 0 Å². The maximum absolute atomic E-state index is 6.06. The Labute approximate surface area is 129 Å². The lowest BCUT2D eigenvalue weighted by atomic mass is 10.1. The van der Waals surface area contributed by atoms with Crippen molar-refractivity contribution in [3.05, 3.63) is 57.6 Å². The Kier molecular flexibility index (Phi) is 4.71. The standard InChI is InChI=1S/C17H21BrN2/c1-12-4-7-16(19)17(10-12)20(3)9-8-14-11-15(18)6-5-13(14)2/h4-7,10-11H,8-9,19H2,1-3H3. The van der Waals surface area contributed by atoms with E-state index < -0.39 is 0 Å². The molecule has 0 amide bonds. The maximum Gasteiger partial charge on any atom is 0.0600 e. The minimum absolute atomic E-state index is 0.837. The van der Waals surface area contributed by atoms with E-state index in [1.165, 1.54) is 16.7 Å². The van der Waals surface area contributed by atoms with Crippen molar-refractivity contribution in [2.45, 2.75) is 20.3 Å². The Morgan fingerprint density at radius 1 is 1.10 bits per heavy atom. The van der Waals surface area contributed by atoms with Gasteiger partial charge >= 0.3 is 0 Å². The summed E-state index contributed by atoms with van der Waals surface area (Å²) in [5, 5.41) is 0. The lowest BCUT2D eigenvalue weighted by Gasteiger charge is -2.22. The molecule has 0 saturated heterocycles. The molecule has 0 radical (unpaired) electrons. The largest absolute Gasteiger partial charge is 0.397 e. The number of aryl methyl sites for hydroxylation is 2. The Morgan fingerprint density at radius 2 is 1.85 bits per heavy atom. The minimum Gasteiger partial charge on any atom is -0.397 e. The molecule has 0 aromatic heterocycles. The molecular weight excluding hydrogens is 312 g/mol. The number of likely N-dealkylation sites (N-methyl/N-ethyl adjacent to an activating group) is 1. The van der Waals surface area contributed by atoms with E-state index in [4.69, 9.17) is 5.73 Å². The smallest absolute Gasteiger partial charge is 0.0600 e. The van der Waals surface area contributed by atoms with Crippen LogP contribution in [-0.2, 0) is 6.42 Å². The van der Waals surface area contributed by atoms with Crippen LogP contribution in [0.2, 0.25) is 0 Å². The second-order valence-electron chi connectivity index (χ2n) is 5.30. The molecule has 2 N–H and O–H groups in total. The van der Waals surface area contributed by atoms with Crippen LogP contribution in [0.25, 0.3) is 0 Å². The molecular formula is C17H21BrN2. The van der Waals surface area contributed by atoms with Crippen LogP contribution in [0.15, 0.2) is 40.9 Å². The summed E-state index contributed by atoms with van der Waals surface area (Å²) in [5.74, 6) is 0. The average molecular weight is 333 g/mol. The first-order valence-electron chi connectivity index (χ1n) is 6.79. The van der Waals surface area contributed by atoms with Crippen molar-refractivity contribution in [3.63, 3.8) is 0 Å². The van der Waals surface area contributed by atoms with Gasteiger partial charge in [-0.25, -0.2) is 0 Å². The summed E-state index contributed by atoms with van der Waals surface area (Å²) in [6, 6.07) is 12.6. The van der Waals surface area contributed by atoms with Crippen LogP contribution in [0.4, 0.5) is 11.4 Å². The van der Waals surface area contributed by atoms with Crippen molar-refractivity contribution in [3.8, 4) is 0 Å². The number of rotatable bonds is 4. The van der Waals surface area contributed by atoms with Gasteiger partial charge in [0.2, 0.25) is 0 Å². The molecule has 0 saturated carbocycles. The molecule has 0 bridgehead atoms. The number of anilines is 2. The molecule has 20 heavy (non-hydrogen) atoms. The SMILES string of the molecule is Cc1ccc(N)c(N(C)CCc2cc(Br)ccc2C)c1. The molecule has 0 unspecified atom stereocenters. The van der Waals surface area contributed by atoms with Gasteiger partial charge in [0.1, 0.15) is 0 Å². The zero-order chi connectivity index (χ0) is 14.7. The zero-order valence-electron chi connectivity index (χ0n) is 12.3. The minimum atomic E-state index is 0.837. The number of hydrogen-bond donors (Lipinski definition) is 1. The van der Waals surface area contributed by atoms with E-state index >= 15 is 0 Å². The molecule has 2 aromatic rings. The topological polar surface area (TPSA) is 29.3 Å². The van der Waals surface area contributed by atoms with Gasteiger partial charge in [-0.1, -0.05) is 28.1 Å². The summed E-state index contributed by atoms with van der Waals surface area (Å²) < 4.78 is 1.14. The van der Waals surface area contributed by atoms with Crippen molar-refractivity contribution in [1.29, 1.82) is 0 Å². The second kappa shape index (κ2) is 6.31. The maximum atomic E-state index is 6.06. The Morgan fingerprint density at radius 3 is 2.60 bits per heavy atom. The predicted octanol–water partition coefficient (Wildman–Crippen LogP) is 4.33. The highest BCUT2D eigenvalue weighted by molar-refractivity contribution is 9.10. The van der Waals surface area contributed by atoms with E-state index in [2.05, 4.69) is 66.0 Å². The third-order valence-electron chi connectivity index (χ3n) is 3.62. The molecule has 2 rings (SSSR count). The summed E-state index contributed by atoms with van der Waals surface area (Å²) in [6.07, 6.45) is 1.01. The van der Waals surface area contributed by atoms with Crippen LogP contribution in [0, 0.1) is 13.8 Å². The highest BCUT2D eigenvalue weighted by atomic mass is 79.9. The quantitative estimate of drug-likeness (QED) is 0.844. The van der Waals surface area contributed by atoms with Gasteiger partial charge in [-0.05, 0) is 61.2 Å². The average Bonchev–Trinajstić information content (AvgIpc) is 2.42. The van der Waals surface area contributed by atoms with E-state index in [-0.39, 0.29) is 0 Å². The van der Waals surface area contributed by atoms with E-state index in [0.717, 1.165) is 28.8 Å². The molecule has 0 aliphatic carbocycles. The molecule has 2 aromatic carbocycles. The van der Waals surface area contributed by atoms with Crippen LogP contribution in [0.5, 0.6) is 0 Å². The van der Waals surface area contributed by atoms with E-state index in [1.807, 2.05) is 12.1 Å². The summed E-state index contributed by atoms with van der Waals surface area (Å²) in [6.45, 7) is 5.20. The van der Waals surface area contributed by atoms with Gasteiger partial charge in [-0.3, -0.25) is 0 Å². The summed E-state index contributed by atoms with van der Waals surface area (Å²) >= 11 is 3.54. The Balaban J connectivity index is 2.10. The molecule has 0 spiro atoms. The molecule has 0 fully saturated rings. The van der Waals surface area contributed by atoms with Gasteiger partial charge in [-0.15, -0.1) is 0 Å².